The minimum absolute atomic E-state index is 0.527. The zero-order valence-electron chi connectivity index (χ0n) is 7.37. The average molecular weight is 186 g/mol. The maximum atomic E-state index is 12.6. The van der Waals surface area contributed by atoms with Gasteiger partial charge in [-0.15, -0.1) is 0 Å². The number of halogens is 1. The summed E-state index contributed by atoms with van der Waals surface area (Å²) < 4.78 is 12.6. The molecule has 0 saturated carbocycles. The molecule has 0 saturated heterocycles. The molecule has 0 amide bonds. The molecule has 2 rings (SSSR count). The third kappa shape index (κ3) is 1.21. The predicted molar refractivity (Wildman–Crippen MR) is 51.3 cm³/mol. The van der Waals surface area contributed by atoms with Crippen molar-refractivity contribution in [2.24, 2.45) is 0 Å². The number of pyridine rings is 1. The summed E-state index contributed by atoms with van der Waals surface area (Å²) >= 11 is 0. The van der Waals surface area contributed by atoms with Crippen LogP contribution in [0.15, 0.2) is 30.5 Å². The van der Waals surface area contributed by atoms with Crippen molar-refractivity contribution in [1.82, 2.24) is 4.98 Å². The second kappa shape index (κ2) is 3.43. The van der Waals surface area contributed by atoms with Crippen LogP contribution in [-0.4, -0.2) is 4.98 Å². The first-order chi connectivity index (χ1) is 6.86. The van der Waals surface area contributed by atoms with Crippen molar-refractivity contribution in [1.29, 1.82) is 5.26 Å². The van der Waals surface area contributed by atoms with Gasteiger partial charge in [-0.05, 0) is 18.2 Å². The smallest absolute Gasteiger partial charge is 0.117 e. The lowest BCUT2D eigenvalue weighted by atomic mass is 10.1. The van der Waals surface area contributed by atoms with Gasteiger partial charge in [-0.25, -0.2) is 4.39 Å². The van der Waals surface area contributed by atoms with E-state index in [0.29, 0.717) is 22.0 Å². The van der Waals surface area contributed by atoms with Crippen molar-refractivity contribution in [3.05, 3.63) is 41.6 Å². The molecule has 2 nitrogen and oxygen atoms in total. The Morgan fingerprint density at radius 3 is 2.93 bits per heavy atom. The Bertz CT molecular complexity index is 514. The number of hydrogen-bond acceptors (Lipinski definition) is 2. The summed E-state index contributed by atoms with van der Waals surface area (Å²) in [6, 6.07) is 8.81. The van der Waals surface area contributed by atoms with Crippen molar-refractivity contribution in [3.8, 4) is 6.07 Å². The molecule has 14 heavy (non-hydrogen) atoms. The van der Waals surface area contributed by atoms with E-state index in [9.17, 15) is 4.39 Å². The van der Waals surface area contributed by atoms with Gasteiger partial charge in [-0.3, -0.25) is 4.98 Å². The molecule has 3 heteroatoms. The van der Waals surface area contributed by atoms with Crippen LogP contribution in [0.1, 0.15) is 11.1 Å². The van der Waals surface area contributed by atoms with Gasteiger partial charge in [0.25, 0.3) is 0 Å². The molecule has 0 radical (unpaired) electrons. The van der Waals surface area contributed by atoms with E-state index in [-0.39, 0.29) is 0 Å². The van der Waals surface area contributed by atoms with Crippen LogP contribution in [0.2, 0.25) is 0 Å². The Morgan fingerprint density at radius 2 is 2.21 bits per heavy atom. The molecule has 0 bridgehead atoms. The summed E-state index contributed by atoms with van der Waals surface area (Å²) in [6.45, 7) is -0.556. The van der Waals surface area contributed by atoms with Crippen LogP contribution in [0.5, 0.6) is 0 Å². The summed E-state index contributed by atoms with van der Waals surface area (Å²) in [4.78, 5) is 4.07. The number of hydrogen-bond donors (Lipinski definition) is 0. The van der Waals surface area contributed by atoms with E-state index >= 15 is 0 Å². The van der Waals surface area contributed by atoms with Gasteiger partial charge in [0, 0.05) is 17.1 Å². The van der Waals surface area contributed by atoms with E-state index in [0.717, 1.165) is 0 Å². The fourth-order valence-electron chi connectivity index (χ4n) is 1.44. The molecule has 0 aliphatic rings. The molecule has 0 aliphatic carbocycles. The highest BCUT2D eigenvalue weighted by atomic mass is 19.1. The summed E-state index contributed by atoms with van der Waals surface area (Å²) in [7, 11) is 0. The maximum absolute atomic E-state index is 12.6. The van der Waals surface area contributed by atoms with E-state index in [4.69, 9.17) is 5.26 Å². The second-order valence-electron chi connectivity index (χ2n) is 2.92. The lowest BCUT2D eigenvalue weighted by molar-refractivity contribution is 0.487. The van der Waals surface area contributed by atoms with Crippen molar-refractivity contribution < 1.29 is 4.39 Å². The SMILES string of the molecule is N#Cc1ccc(CF)c2ncccc12. The van der Waals surface area contributed by atoms with Gasteiger partial charge in [0.1, 0.15) is 6.67 Å². The fourth-order valence-corrected chi connectivity index (χ4v) is 1.44. The Morgan fingerprint density at radius 1 is 1.36 bits per heavy atom. The lowest BCUT2D eigenvalue weighted by Crippen LogP contribution is -1.88. The monoisotopic (exact) mass is 186 g/mol. The van der Waals surface area contributed by atoms with Crippen molar-refractivity contribution >= 4 is 10.9 Å². The molecule has 0 N–H and O–H groups in total. The number of nitriles is 1. The number of aromatic nitrogens is 1. The zero-order valence-corrected chi connectivity index (χ0v) is 7.37. The lowest BCUT2D eigenvalue weighted by Gasteiger charge is -2.02. The molecule has 1 heterocycles. The predicted octanol–water partition coefficient (Wildman–Crippen LogP) is 2.58. The topological polar surface area (TPSA) is 36.7 Å². The molecule has 0 unspecified atom stereocenters. The van der Waals surface area contributed by atoms with E-state index in [1.54, 1.807) is 30.5 Å². The molecule has 0 spiro atoms. The van der Waals surface area contributed by atoms with Crippen LogP contribution in [0, 0.1) is 11.3 Å². The summed E-state index contributed by atoms with van der Waals surface area (Å²) in [5.41, 5.74) is 1.64. The van der Waals surface area contributed by atoms with Crippen LogP contribution in [0.4, 0.5) is 4.39 Å². The normalized spacial score (nSPS) is 10.0. The van der Waals surface area contributed by atoms with E-state index in [2.05, 4.69) is 11.1 Å². The summed E-state index contributed by atoms with van der Waals surface area (Å²) in [5, 5.41) is 9.54. The Labute approximate surface area is 80.6 Å². The quantitative estimate of drug-likeness (QED) is 0.686. The van der Waals surface area contributed by atoms with Crippen molar-refractivity contribution in [2.75, 3.05) is 0 Å². The molecule has 68 valence electrons. The molecule has 0 fully saturated rings. The highest BCUT2D eigenvalue weighted by Crippen LogP contribution is 2.20. The Balaban J connectivity index is 2.87. The first kappa shape index (κ1) is 8.64. The van der Waals surface area contributed by atoms with Gasteiger partial charge in [0.2, 0.25) is 0 Å². The minimum atomic E-state index is -0.556. The number of benzene rings is 1. The Kier molecular flexibility index (Phi) is 2.11. The molecule has 2 aromatic rings. The van der Waals surface area contributed by atoms with Crippen LogP contribution in [0.25, 0.3) is 10.9 Å². The largest absolute Gasteiger partial charge is 0.256 e. The van der Waals surface area contributed by atoms with Gasteiger partial charge in [0.05, 0.1) is 17.1 Å². The number of fused-ring (bicyclic) bond motifs is 1. The highest BCUT2D eigenvalue weighted by molar-refractivity contribution is 5.87. The Hall–Kier alpha value is -1.95. The first-order valence-corrected chi connectivity index (χ1v) is 4.19. The van der Waals surface area contributed by atoms with E-state index in [1.807, 2.05) is 0 Å². The average Bonchev–Trinajstić information content (AvgIpc) is 2.27. The van der Waals surface area contributed by atoms with Crippen LogP contribution in [0.3, 0.4) is 0 Å². The van der Waals surface area contributed by atoms with Gasteiger partial charge < -0.3 is 0 Å². The number of rotatable bonds is 1. The second-order valence-corrected chi connectivity index (χ2v) is 2.92. The highest BCUT2D eigenvalue weighted by Gasteiger charge is 2.05. The molecule has 1 aromatic heterocycles. The number of alkyl halides is 1. The standard InChI is InChI=1S/C11H7FN2/c12-6-8-3-4-9(7-13)10-2-1-5-14-11(8)10/h1-5H,6H2. The minimum Gasteiger partial charge on any atom is -0.256 e. The molecular formula is C11H7FN2. The molecule has 0 aliphatic heterocycles. The third-order valence-electron chi connectivity index (χ3n) is 2.12. The van der Waals surface area contributed by atoms with Crippen molar-refractivity contribution in [2.45, 2.75) is 6.67 Å². The molecule has 0 atom stereocenters. The van der Waals surface area contributed by atoms with Gasteiger partial charge in [-0.2, -0.15) is 5.26 Å². The van der Waals surface area contributed by atoms with Crippen LogP contribution in [-0.2, 0) is 6.67 Å². The number of nitrogens with zero attached hydrogens (tertiary/aromatic N) is 2. The molecule has 1 aromatic carbocycles. The summed E-state index contributed by atoms with van der Waals surface area (Å²) in [6.07, 6.45) is 1.60. The van der Waals surface area contributed by atoms with E-state index in [1.165, 1.54) is 0 Å². The van der Waals surface area contributed by atoms with Gasteiger partial charge in [0.15, 0.2) is 0 Å². The fraction of sp³-hybridized carbons (Fsp3) is 0.0909. The van der Waals surface area contributed by atoms with Gasteiger partial charge in [-0.1, -0.05) is 6.07 Å². The summed E-state index contributed by atoms with van der Waals surface area (Å²) in [5.74, 6) is 0. The van der Waals surface area contributed by atoms with Crippen molar-refractivity contribution in [3.63, 3.8) is 0 Å². The van der Waals surface area contributed by atoms with Gasteiger partial charge >= 0.3 is 0 Å². The van der Waals surface area contributed by atoms with Crippen LogP contribution >= 0.6 is 0 Å². The maximum Gasteiger partial charge on any atom is 0.117 e. The third-order valence-corrected chi connectivity index (χ3v) is 2.12. The van der Waals surface area contributed by atoms with E-state index < -0.39 is 6.67 Å². The zero-order chi connectivity index (χ0) is 9.97. The molecular weight excluding hydrogens is 179 g/mol. The first-order valence-electron chi connectivity index (χ1n) is 4.19. The van der Waals surface area contributed by atoms with Crippen LogP contribution < -0.4 is 0 Å².